The summed E-state index contributed by atoms with van der Waals surface area (Å²) < 4.78 is 5.52. The van der Waals surface area contributed by atoms with Crippen LogP contribution in [-0.4, -0.2) is 17.8 Å². The molecule has 1 heterocycles. The smallest absolute Gasteiger partial charge is 0.107 e. The number of fused-ring (bicyclic) bond motifs is 1. The molecule has 3 heteroatoms. The molecule has 0 bridgehead atoms. The molecule has 3 N–H and O–H groups in total. The zero-order chi connectivity index (χ0) is 11.6. The minimum atomic E-state index is -0.0654. The van der Waals surface area contributed by atoms with Gasteiger partial charge in [-0.3, -0.25) is 0 Å². The van der Waals surface area contributed by atoms with Crippen LogP contribution < -0.4 is 5.73 Å². The highest BCUT2D eigenvalue weighted by Gasteiger charge is 2.41. The summed E-state index contributed by atoms with van der Waals surface area (Å²) in [7, 11) is 0. The van der Waals surface area contributed by atoms with E-state index in [1.807, 2.05) is 6.07 Å². The van der Waals surface area contributed by atoms with Gasteiger partial charge in [-0.1, -0.05) is 6.92 Å². The molecule has 0 aromatic carbocycles. The van der Waals surface area contributed by atoms with Gasteiger partial charge in [0, 0.05) is 30.0 Å². The van der Waals surface area contributed by atoms with E-state index in [4.69, 9.17) is 10.2 Å². The van der Waals surface area contributed by atoms with Gasteiger partial charge >= 0.3 is 0 Å². The molecule has 0 fully saturated rings. The second kappa shape index (κ2) is 4.60. The Balaban J connectivity index is 2.41. The summed E-state index contributed by atoms with van der Waals surface area (Å²) in [6.07, 6.45) is 6.61. The normalized spacial score (nSPS) is 26.4. The summed E-state index contributed by atoms with van der Waals surface area (Å²) in [6.45, 7) is 2.30. The molecule has 1 aliphatic carbocycles. The molecule has 2 unspecified atom stereocenters. The monoisotopic (exact) mass is 223 g/mol. The fraction of sp³-hybridized carbons (Fsp3) is 0.692. The molecule has 2 rings (SSSR count). The highest BCUT2D eigenvalue weighted by Crippen LogP contribution is 2.43. The third-order valence-corrected chi connectivity index (χ3v) is 4.02. The van der Waals surface area contributed by atoms with Crippen LogP contribution in [0.5, 0.6) is 0 Å². The number of furan rings is 1. The fourth-order valence-electron chi connectivity index (χ4n) is 3.10. The number of hydrogen-bond acceptors (Lipinski definition) is 3. The predicted molar refractivity (Wildman–Crippen MR) is 63.3 cm³/mol. The van der Waals surface area contributed by atoms with Crippen LogP contribution in [0.3, 0.4) is 0 Å². The average molecular weight is 223 g/mol. The molecule has 90 valence electrons. The number of aryl methyl sites for hydroxylation is 1. The lowest BCUT2D eigenvalue weighted by Gasteiger charge is -2.41. The molecule has 0 spiro atoms. The van der Waals surface area contributed by atoms with Gasteiger partial charge in [0.2, 0.25) is 0 Å². The van der Waals surface area contributed by atoms with Crippen LogP contribution in [0.2, 0.25) is 0 Å². The fourth-order valence-corrected chi connectivity index (χ4v) is 3.10. The van der Waals surface area contributed by atoms with Gasteiger partial charge in [-0.25, -0.2) is 0 Å². The van der Waals surface area contributed by atoms with E-state index in [-0.39, 0.29) is 18.1 Å². The first-order valence-corrected chi connectivity index (χ1v) is 6.18. The van der Waals surface area contributed by atoms with Gasteiger partial charge < -0.3 is 15.3 Å². The molecule has 1 aromatic heterocycles. The van der Waals surface area contributed by atoms with Crippen LogP contribution in [0.15, 0.2) is 16.7 Å². The molecule has 0 radical (unpaired) electrons. The van der Waals surface area contributed by atoms with Gasteiger partial charge in [-0.2, -0.15) is 0 Å². The maximum Gasteiger partial charge on any atom is 0.107 e. The van der Waals surface area contributed by atoms with Crippen molar-refractivity contribution in [3.05, 3.63) is 23.7 Å². The highest BCUT2D eigenvalue weighted by molar-refractivity contribution is 5.32. The van der Waals surface area contributed by atoms with Crippen LogP contribution in [0.1, 0.15) is 43.9 Å². The van der Waals surface area contributed by atoms with Crippen LogP contribution in [-0.2, 0) is 11.8 Å². The van der Waals surface area contributed by atoms with Crippen LogP contribution in [0, 0.1) is 0 Å². The van der Waals surface area contributed by atoms with Crippen LogP contribution in [0.4, 0.5) is 0 Å². The third-order valence-electron chi connectivity index (χ3n) is 4.02. The molecule has 0 saturated carbocycles. The number of hydrogen-bond donors (Lipinski definition) is 2. The lowest BCUT2D eigenvalue weighted by Crippen LogP contribution is -2.47. The Morgan fingerprint density at radius 1 is 1.62 bits per heavy atom. The average Bonchev–Trinajstić information content (AvgIpc) is 2.77. The van der Waals surface area contributed by atoms with Gasteiger partial charge in [0.25, 0.3) is 0 Å². The van der Waals surface area contributed by atoms with E-state index < -0.39 is 0 Å². The Hall–Kier alpha value is -0.800. The third kappa shape index (κ3) is 1.68. The second-order valence-electron chi connectivity index (χ2n) is 4.76. The summed E-state index contributed by atoms with van der Waals surface area (Å²) in [5.41, 5.74) is 7.46. The van der Waals surface area contributed by atoms with Crippen molar-refractivity contribution in [1.29, 1.82) is 0 Å². The predicted octanol–water partition coefficient (Wildman–Crippen LogP) is 1.97. The van der Waals surface area contributed by atoms with E-state index in [1.54, 1.807) is 6.26 Å². The van der Waals surface area contributed by atoms with Crippen LogP contribution >= 0.6 is 0 Å². The summed E-state index contributed by atoms with van der Waals surface area (Å²) in [6, 6.07) is 2.15. The molecule has 2 atom stereocenters. The Morgan fingerprint density at radius 2 is 2.44 bits per heavy atom. The Morgan fingerprint density at radius 3 is 3.12 bits per heavy atom. The van der Waals surface area contributed by atoms with E-state index in [1.165, 1.54) is 5.56 Å². The molecule has 1 aromatic rings. The van der Waals surface area contributed by atoms with Gasteiger partial charge in [0.15, 0.2) is 0 Å². The zero-order valence-corrected chi connectivity index (χ0v) is 9.91. The first-order chi connectivity index (χ1) is 7.74. The van der Waals surface area contributed by atoms with Crippen LogP contribution in [0.25, 0.3) is 0 Å². The van der Waals surface area contributed by atoms with Crippen molar-refractivity contribution in [3.63, 3.8) is 0 Å². The Bertz CT molecular complexity index is 347. The molecule has 3 nitrogen and oxygen atoms in total. The van der Waals surface area contributed by atoms with E-state index in [9.17, 15) is 5.11 Å². The van der Waals surface area contributed by atoms with E-state index >= 15 is 0 Å². The quantitative estimate of drug-likeness (QED) is 0.820. The number of aliphatic hydroxyl groups is 1. The van der Waals surface area contributed by atoms with Gasteiger partial charge in [0.05, 0.1) is 6.26 Å². The van der Waals surface area contributed by atoms with Crippen molar-refractivity contribution in [2.45, 2.75) is 50.5 Å². The Kier molecular flexibility index (Phi) is 3.36. The maximum atomic E-state index is 9.31. The summed E-state index contributed by atoms with van der Waals surface area (Å²) in [4.78, 5) is 0. The maximum absolute atomic E-state index is 9.31. The topological polar surface area (TPSA) is 59.4 Å². The van der Waals surface area contributed by atoms with Gasteiger partial charge in [-0.15, -0.1) is 0 Å². The largest absolute Gasteiger partial charge is 0.469 e. The van der Waals surface area contributed by atoms with Crippen molar-refractivity contribution in [2.75, 3.05) is 6.61 Å². The number of aliphatic hydroxyl groups excluding tert-OH is 1. The first kappa shape index (κ1) is 11.7. The van der Waals surface area contributed by atoms with Crippen molar-refractivity contribution in [3.8, 4) is 0 Å². The Labute approximate surface area is 96.6 Å². The van der Waals surface area contributed by atoms with Gasteiger partial charge in [-0.05, 0) is 31.7 Å². The molecule has 1 aliphatic rings. The molecule has 0 saturated heterocycles. The zero-order valence-electron chi connectivity index (χ0n) is 9.91. The number of rotatable bonds is 4. The molecule has 16 heavy (non-hydrogen) atoms. The highest BCUT2D eigenvalue weighted by atomic mass is 16.3. The van der Waals surface area contributed by atoms with E-state index in [0.717, 1.165) is 37.9 Å². The molecule has 0 aliphatic heterocycles. The minimum Gasteiger partial charge on any atom is -0.469 e. The minimum absolute atomic E-state index is 0.0654. The lowest BCUT2D eigenvalue weighted by molar-refractivity contribution is 0.189. The SMILES string of the molecule is CCC(N)C1(CCO)CCCc2occc21. The molecular weight excluding hydrogens is 202 g/mol. The van der Waals surface area contributed by atoms with Gasteiger partial charge in [0.1, 0.15) is 5.76 Å². The van der Waals surface area contributed by atoms with E-state index in [2.05, 4.69) is 6.92 Å². The summed E-state index contributed by atoms with van der Waals surface area (Å²) >= 11 is 0. The molecular formula is C13H21NO2. The summed E-state index contributed by atoms with van der Waals surface area (Å²) in [5, 5.41) is 9.31. The second-order valence-corrected chi connectivity index (χ2v) is 4.76. The molecule has 0 amide bonds. The first-order valence-electron chi connectivity index (χ1n) is 6.18. The summed E-state index contributed by atoms with van der Waals surface area (Å²) in [5.74, 6) is 1.07. The lowest BCUT2D eigenvalue weighted by atomic mass is 9.65. The van der Waals surface area contributed by atoms with E-state index in [0.29, 0.717) is 0 Å². The van der Waals surface area contributed by atoms with Crippen molar-refractivity contribution < 1.29 is 9.52 Å². The van der Waals surface area contributed by atoms with Crippen molar-refractivity contribution >= 4 is 0 Å². The van der Waals surface area contributed by atoms with Crippen molar-refractivity contribution in [2.24, 2.45) is 5.73 Å². The number of nitrogens with two attached hydrogens (primary N) is 1. The van der Waals surface area contributed by atoms with Crippen molar-refractivity contribution in [1.82, 2.24) is 0 Å². The standard InChI is InChI=1S/C13H21NO2/c1-2-12(14)13(7-8-15)6-3-4-11-10(13)5-9-16-11/h5,9,12,15H,2-4,6-8,14H2,1H3.